The fraction of sp³-hybridized carbons (Fsp3) is 0.462. The number of methoxy groups -OCH3 is 1. The lowest BCUT2D eigenvalue weighted by Gasteiger charge is -2.30. The van der Waals surface area contributed by atoms with Crippen molar-refractivity contribution < 1.29 is 14.3 Å². The molecular formula is C26H34N2O3S. The molecule has 0 aromatic heterocycles. The maximum absolute atomic E-state index is 13.2. The van der Waals surface area contributed by atoms with Crippen molar-refractivity contribution in [2.24, 2.45) is 0 Å². The summed E-state index contributed by atoms with van der Waals surface area (Å²) in [5.74, 6) is 1.74. The van der Waals surface area contributed by atoms with Gasteiger partial charge in [-0.15, -0.1) is 11.8 Å². The number of nitrogens with zero attached hydrogens (tertiary/aromatic N) is 1. The SMILES string of the molecule is COc1cccc(CN(C(=O)CSCc2cccc(C)c2)[C@H](C)C(=O)NC2CCCC2)c1. The number of amides is 2. The summed E-state index contributed by atoms with van der Waals surface area (Å²) in [7, 11) is 1.63. The summed E-state index contributed by atoms with van der Waals surface area (Å²) in [6.45, 7) is 4.27. The van der Waals surface area contributed by atoms with E-state index in [9.17, 15) is 9.59 Å². The van der Waals surface area contributed by atoms with Crippen LogP contribution in [0.4, 0.5) is 0 Å². The summed E-state index contributed by atoms with van der Waals surface area (Å²) in [4.78, 5) is 27.9. The Hall–Kier alpha value is -2.47. The molecule has 1 saturated carbocycles. The zero-order chi connectivity index (χ0) is 22.9. The predicted molar refractivity (Wildman–Crippen MR) is 131 cm³/mol. The van der Waals surface area contributed by atoms with Crippen molar-refractivity contribution in [3.8, 4) is 5.75 Å². The topological polar surface area (TPSA) is 58.6 Å². The van der Waals surface area contributed by atoms with E-state index in [1.807, 2.05) is 37.3 Å². The van der Waals surface area contributed by atoms with Gasteiger partial charge in [0.15, 0.2) is 0 Å². The summed E-state index contributed by atoms with van der Waals surface area (Å²) in [6, 6.07) is 15.7. The molecule has 0 saturated heterocycles. The van der Waals surface area contributed by atoms with Crippen LogP contribution in [0.25, 0.3) is 0 Å². The summed E-state index contributed by atoms with van der Waals surface area (Å²) < 4.78 is 5.33. The Balaban J connectivity index is 1.67. The van der Waals surface area contributed by atoms with Gasteiger partial charge >= 0.3 is 0 Å². The number of ether oxygens (including phenoxy) is 1. The molecule has 2 aromatic rings. The van der Waals surface area contributed by atoms with Gasteiger partial charge in [-0.1, -0.05) is 54.8 Å². The van der Waals surface area contributed by atoms with E-state index in [1.165, 1.54) is 11.1 Å². The van der Waals surface area contributed by atoms with Gasteiger partial charge in [0.1, 0.15) is 11.8 Å². The van der Waals surface area contributed by atoms with Crippen LogP contribution in [0, 0.1) is 6.92 Å². The maximum Gasteiger partial charge on any atom is 0.242 e. The lowest BCUT2D eigenvalue weighted by Crippen LogP contribution is -2.50. The minimum Gasteiger partial charge on any atom is -0.497 e. The average molecular weight is 455 g/mol. The Morgan fingerprint density at radius 3 is 2.56 bits per heavy atom. The zero-order valence-electron chi connectivity index (χ0n) is 19.3. The van der Waals surface area contributed by atoms with E-state index in [-0.39, 0.29) is 17.9 Å². The van der Waals surface area contributed by atoms with Crippen LogP contribution in [0.1, 0.15) is 49.3 Å². The van der Waals surface area contributed by atoms with Crippen molar-refractivity contribution in [1.29, 1.82) is 0 Å². The van der Waals surface area contributed by atoms with Crippen molar-refractivity contribution in [2.45, 2.75) is 63.9 Å². The van der Waals surface area contributed by atoms with E-state index in [0.717, 1.165) is 42.7 Å². The number of hydrogen-bond donors (Lipinski definition) is 1. The highest BCUT2D eigenvalue weighted by Gasteiger charge is 2.28. The first-order valence-electron chi connectivity index (χ1n) is 11.3. The molecule has 6 heteroatoms. The smallest absolute Gasteiger partial charge is 0.242 e. The van der Waals surface area contributed by atoms with Crippen molar-refractivity contribution >= 4 is 23.6 Å². The fourth-order valence-electron chi connectivity index (χ4n) is 4.08. The normalized spacial score (nSPS) is 14.7. The Morgan fingerprint density at radius 1 is 1.12 bits per heavy atom. The molecule has 32 heavy (non-hydrogen) atoms. The van der Waals surface area contributed by atoms with Gasteiger partial charge in [0, 0.05) is 18.3 Å². The van der Waals surface area contributed by atoms with Gasteiger partial charge < -0.3 is 15.0 Å². The van der Waals surface area contributed by atoms with Gasteiger partial charge in [-0.2, -0.15) is 0 Å². The summed E-state index contributed by atoms with van der Waals surface area (Å²) in [6.07, 6.45) is 4.35. The molecule has 2 aromatic carbocycles. The van der Waals surface area contributed by atoms with Crippen LogP contribution in [0.3, 0.4) is 0 Å². The van der Waals surface area contributed by atoms with Crippen LogP contribution >= 0.6 is 11.8 Å². The summed E-state index contributed by atoms with van der Waals surface area (Å²) in [5.41, 5.74) is 3.36. The molecular weight excluding hydrogens is 420 g/mol. The number of carbonyl (C=O) groups excluding carboxylic acids is 2. The van der Waals surface area contributed by atoms with Gasteiger partial charge in [-0.3, -0.25) is 9.59 Å². The van der Waals surface area contributed by atoms with E-state index in [4.69, 9.17) is 4.74 Å². The van der Waals surface area contributed by atoms with Crippen LogP contribution in [-0.2, 0) is 21.9 Å². The maximum atomic E-state index is 13.2. The van der Waals surface area contributed by atoms with E-state index in [0.29, 0.717) is 12.3 Å². The van der Waals surface area contributed by atoms with Crippen LogP contribution in [0.15, 0.2) is 48.5 Å². The van der Waals surface area contributed by atoms with Crippen LogP contribution in [0.5, 0.6) is 5.75 Å². The largest absolute Gasteiger partial charge is 0.497 e. The quantitative estimate of drug-likeness (QED) is 0.565. The van der Waals surface area contributed by atoms with E-state index >= 15 is 0 Å². The Morgan fingerprint density at radius 2 is 1.84 bits per heavy atom. The number of benzene rings is 2. The second kappa shape index (κ2) is 12.0. The number of thioether (sulfide) groups is 1. The lowest BCUT2D eigenvalue weighted by atomic mass is 10.1. The molecule has 0 heterocycles. The molecule has 2 amide bonds. The molecule has 1 N–H and O–H groups in total. The summed E-state index contributed by atoms with van der Waals surface area (Å²) in [5, 5.41) is 3.15. The molecule has 1 aliphatic carbocycles. The van der Waals surface area contributed by atoms with Crippen molar-refractivity contribution in [3.63, 3.8) is 0 Å². The van der Waals surface area contributed by atoms with Crippen molar-refractivity contribution in [2.75, 3.05) is 12.9 Å². The Kier molecular flexibility index (Phi) is 9.03. The third kappa shape index (κ3) is 7.02. The zero-order valence-corrected chi connectivity index (χ0v) is 20.1. The van der Waals surface area contributed by atoms with Gasteiger partial charge in [0.2, 0.25) is 11.8 Å². The van der Waals surface area contributed by atoms with Gasteiger partial charge in [0.25, 0.3) is 0 Å². The second-order valence-corrected chi connectivity index (χ2v) is 9.51. The molecule has 172 valence electrons. The molecule has 3 rings (SSSR count). The van der Waals surface area contributed by atoms with Crippen LogP contribution < -0.4 is 10.1 Å². The number of rotatable bonds is 10. The number of aryl methyl sites for hydroxylation is 1. The fourth-order valence-corrected chi connectivity index (χ4v) is 4.94. The first-order valence-corrected chi connectivity index (χ1v) is 12.5. The summed E-state index contributed by atoms with van der Waals surface area (Å²) >= 11 is 1.58. The number of hydrogen-bond acceptors (Lipinski definition) is 4. The highest BCUT2D eigenvalue weighted by atomic mass is 32.2. The van der Waals surface area contributed by atoms with Gasteiger partial charge in [-0.05, 0) is 49.9 Å². The number of nitrogens with one attached hydrogen (secondary N) is 1. The Bertz CT molecular complexity index is 911. The molecule has 0 radical (unpaired) electrons. The standard InChI is InChI=1S/C26H34N2O3S/c1-19-8-6-10-22(14-19)17-32-18-25(29)28(16-21-9-7-13-24(15-21)31-3)20(2)26(30)27-23-11-4-5-12-23/h6-10,13-15,20,23H,4-5,11-12,16-18H2,1-3H3,(H,27,30)/t20-/m1/s1. The van der Waals surface area contributed by atoms with Gasteiger partial charge in [0.05, 0.1) is 12.9 Å². The van der Waals surface area contributed by atoms with E-state index < -0.39 is 6.04 Å². The molecule has 0 bridgehead atoms. The molecule has 1 aliphatic rings. The Labute approximate surface area is 195 Å². The van der Waals surface area contributed by atoms with Crippen molar-refractivity contribution in [3.05, 3.63) is 65.2 Å². The van der Waals surface area contributed by atoms with E-state index in [2.05, 4.69) is 30.4 Å². The molecule has 0 unspecified atom stereocenters. The molecule has 1 fully saturated rings. The average Bonchev–Trinajstić information content (AvgIpc) is 3.30. The molecule has 1 atom stereocenters. The van der Waals surface area contributed by atoms with Gasteiger partial charge in [-0.25, -0.2) is 0 Å². The van der Waals surface area contributed by atoms with Crippen molar-refractivity contribution in [1.82, 2.24) is 10.2 Å². The molecule has 0 spiro atoms. The molecule has 5 nitrogen and oxygen atoms in total. The third-order valence-electron chi connectivity index (χ3n) is 5.93. The van der Waals surface area contributed by atoms with Crippen LogP contribution in [0.2, 0.25) is 0 Å². The second-order valence-electron chi connectivity index (χ2n) is 8.52. The monoisotopic (exact) mass is 454 g/mol. The predicted octanol–water partition coefficient (Wildman–Crippen LogP) is 4.71. The number of carbonyl (C=O) groups is 2. The highest BCUT2D eigenvalue weighted by Crippen LogP contribution is 2.21. The lowest BCUT2D eigenvalue weighted by molar-refractivity contribution is -0.138. The molecule has 0 aliphatic heterocycles. The first-order chi connectivity index (χ1) is 15.5. The highest BCUT2D eigenvalue weighted by molar-refractivity contribution is 7.99. The van der Waals surface area contributed by atoms with Crippen LogP contribution in [-0.4, -0.2) is 41.7 Å². The minimum absolute atomic E-state index is 0.0282. The third-order valence-corrected chi connectivity index (χ3v) is 6.92. The minimum atomic E-state index is -0.533. The first kappa shape index (κ1) is 24.2. The van der Waals surface area contributed by atoms with E-state index in [1.54, 1.807) is 23.8 Å².